The van der Waals surface area contributed by atoms with Crippen LogP contribution in [-0.2, 0) is 19.1 Å². The molecule has 4 nitrogen and oxygen atoms in total. The van der Waals surface area contributed by atoms with E-state index in [1.807, 2.05) is 0 Å². The zero-order valence-electron chi connectivity index (χ0n) is 12.4. The minimum Gasteiger partial charge on any atom is -0.465 e. The van der Waals surface area contributed by atoms with Crippen molar-refractivity contribution in [3.05, 3.63) is 11.3 Å². The molecule has 2 aliphatic carbocycles. The maximum Gasteiger partial charge on any atom is 0.220 e. The number of methoxy groups -OCH3 is 1. The number of ether oxygens (including phenoxy) is 2. The lowest BCUT2D eigenvalue weighted by Gasteiger charge is -2.48. The summed E-state index contributed by atoms with van der Waals surface area (Å²) in [7, 11) is 1.61. The van der Waals surface area contributed by atoms with E-state index in [9.17, 15) is 9.59 Å². The van der Waals surface area contributed by atoms with Crippen molar-refractivity contribution in [1.29, 1.82) is 0 Å². The lowest BCUT2D eigenvalue weighted by Crippen LogP contribution is -2.54. The molecule has 0 aromatic carbocycles. The van der Waals surface area contributed by atoms with E-state index >= 15 is 0 Å². The first kappa shape index (κ1) is 13.8. The van der Waals surface area contributed by atoms with Gasteiger partial charge in [0, 0.05) is 38.4 Å². The second-order valence-electron chi connectivity index (χ2n) is 6.69. The third kappa shape index (κ3) is 2.01. The standard InChI is InChI=1S/C16H22O4/c1-9-4-13(17)11-7-12-14(18)5-10(2)8-16(12,19-3)20-15(11)6-9/h9-10,12H,4-8H2,1-3H3. The van der Waals surface area contributed by atoms with Gasteiger partial charge in [-0.25, -0.2) is 0 Å². The average molecular weight is 278 g/mol. The van der Waals surface area contributed by atoms with Crippen molar-refractivity contribution in [2.75, 3.05) is 7.11 Å². The average Bonchev–Trinajstić information content (AvgIpc) is 2.36. The number of hydrogen-bond acceptors (Lipinski definition) is 4. The number of ketones is 2. The highest BCUT2D eigenvalue weighted by molar-refractivity contribution is 5.98. The molecule has 3 rings (SSSR count). The molecular weight excluding hydrogens is 256 g/mol. The molecule has 4 unspecified atom stereocenters. The smallest absolute Gasteiger partial charge is 0.220 e. The molecule has 0 amide bonds. The van der Waals surface area contributed by atoms with E-state index in [1.54, 1.807) is 7.11 Å². The van der Waals surface area contributed by atoms with Crippen LogP contribution in [0.1, 0.15) is 46.0 Å². The minimum atomic E-state index is -0.842. The van der Waals surface area contributed by atoms with Crippen molar-refractivity contribution in [2.45, 2.75) is 51.7 Å². The second kappa shape index (κ2) is 4.69. The van der Waals surface area contributed by atoms with Gasteiger partial charge >= 0.3 is 0 Å². The van der Waals surface area contributed by atoms with Crippen LogP contribution in [0.2, 0.25) is 0 Å². The number of carbonyl (C=O) groups is 2. The van der Waals surface area contributed by atoms with Gasteiger partial charge in [-0.2, -0.15) is 0 Å². The zero-order chi connectivity index (χ0) is 14.5. The number of allylic oxidation sites excluding steroid dienone is 2. The molecule has 0 N–H and O–H groups in total. The van der Waals surface area contributed by atoms with Crippen LogP contribution in [-0.4, -0.2) is 24.5 Å². The summed E-state index contributed by atoms with van der Waals surface area (Å²) in [5.41, 5.74) is 0.740. The first-order valence-electron chi connectivity index (χ1n) is 7.47. The van der Waals surface area contributed by atoms with E-state index in [4.69, 9.17) is 9.47 Å². The van der Waals surface area contributed by atoms with E-state index in [2.05, 4.69) is 13.8 Å². The van der Waals surface area contributed by atoms with Crippen LogP contribution in [0, 0.1) is 17.8 Å². The molecular formula is C16H22O4. The molecule has 0 aromatic rings. The van der Waals surface area contributed by atoms with Crippen molar-refractivity contribution >= 4 is 11.6 Å². The number of hydrogen-bond donors (Lipinski definition) is 0. The van der Waals surface area contributed by atoms with E-state index in [0.29, 0.717) is 25.2 Å². The van der Waals surface area contributed by atoms with Crippen LogP contribution in [0.3, 0.4) is 0 Å². The molecule has 4 heteroatoms. The molecule has 0 bridgehead atoms. The van der Waals surface area contributed by atoms with Gasteiger partial charge in [-0.3, -0.25) is 9.59 Å². The van der Waals surface area contributed by atoms with Crippen LogP contribution in [0.4, 0.5) is 0 Å². The summed E-state index contributed by atoms with van der Waals surface area (Å²) < 4.78 is 11.8. The van der Waals surface area contributed by atoms with Crippen LogP contribution < -0.4 is 0 Å². The van der Waals surface area contributed by atoms with Gasteiger partial charge in [0.25, 0.3) is 0 Å². The van der Waals surface area contributed by atoms with Crippen molar-refractivity contribution in [2.24, 2.45) is 17.8 Å². The Labute approximate surface area is 119 Å². The summed E-state index contributed by atoms with van der Waals surface area (Å²) in [6, 6.07) is 0. The third-order valence-electron chi connectivity index (χ3n) is 4.89. The van der Waals surface area contributed by atoms with Gasteiger partial charge in [0.15, 0.2) is 5.78 Å². The van der Waals surface area contributed by atoms with Gasteiger partial charge in [0.2, 0.25) is 5.79 Å². The predicted molar refractivity (Wildman–Crippen MR) is 72.8 cm³/mol. The normalized spacial score (nSPS) is 41.0. The van der Waals surface area contributed by atoms with Gasteiger partial charge in [-0.05, 0) is 18.3 Å². The summed E-state index contributed by atoms with van der Waals surface area (Å²) in [6.07, 6.45) is 3.13. The monoisotopic (exact) mass is 278 g/mol. The Bertz CT molecular complexity index is 493. The van der Waals surface area contributed by atoms with Crippen molar-refractivity contribution in [1.82, 2.24) is 0 Å². The summed E-state index contributed by atoms with van der Waals surface area (Å²) in [6.45, 7) is 4.11. The Morgan fingerprint density at radius 3 is 2.55 bits per heavy atom. The molecule has 1 aliphatic heterocycles. The highest BCUT2D eigenvalue weighted by atomic mass is 16.7. The van der Waals surface area contributed by atoms with Gasteiger partial charge in [-0.1, -0.05) is 13.8 Å². The van der Waals surface area contributed by atoms with E-state index in [-0.39, 0.29) is 23.4 Å². The van der Waals surface area contributed by atoms with Crippen LogP contribution in [0.5, 0.6) is 0 Å². The second-order valence-corrected chi connectivity index (χ2v) is 6.69. The SMILES string of the molecule is COC12CC(C)CC(=O)C1CC1=C(CC(C)CC1=O)O2. The molecule has 4 atom stereocenters. The molecule has 0 spiro atoms. The number of fused-ring (bicyclic) bond motifs is 1. The lowest BCUT2D eigenvalue weighted by atomic mass is 9.70. The van der Waals surface area contributed by atoms with Crippen LogP contribution in [0.15, 0.2) is 11.3 Å². The molecule has 0 saturated heterocycles. The molecule has 1 heterocycles. The van der Waals surface area contributed by atoms with E-state index in [1.165, 1.54) is 0 Å². The Morgan fingerprint density at radius 1 is 1.10 bits per heavy atom. The maximum atomic E-state index is 12.4. The first-order valence-corrected chi connectivity index (χ1v) is 7.47. The van der Waals surface area contributed by atoms with Gasteiger partial charge in [-0.15, -0.1) is 0 Å². The van der Waals surface area contributed by atoms with Gasteiger partial charge < -0.3 is 9.47 Å². The third-order valence-corrected chi connectivity index (χ3v) is 4.89. The Hall–Kier alpha value is -1.16. The highest BCUT2D eigenvalue weighted by Gasteiger charge is 2.54. The molecule has 110 valence electrons. The highest BCUT2D eigenvalue weighted by Crippen LogP contribution is 2.49. The lowest BCUT2D eigenvalue weighted by molar-refractivity contribution is -0.255. The number of Topliss-reactive ketones (excluding diaryl/α,β-unsaturated/α-hetero) is 2. The Balaban J connectivity index is 1.99. The Morgan fingerprint density at radius 2 is 1.85 bits per heavy atom. The quantitative estimate of drug-likeness (QED) is 0.740. The van der Waals surface area contributed by atoms with E-state index < -0.39 is 5.79 Å². The molecule has 20 heavy (non-hydrogen) atoms. The van der Waals surface area contributed by atoms with Crippen molar-refractivity contribution in [3.8, 4) is 0 Å². The molecule has 0 radical (unpaired) electrons. The van der Waals surface area contributed by atoms with Gasteiger partial charge in [0.05, 0.1) is 5.92 Å². The maximum absolute atomic E-state index is 12.4. The zero-order valence-corrected chi connectivity index (χ0v) is 12.4. The summed E-state index contributed by atoms with van der Waals surface area (Å²) in [5, 5.41) is 0. The fourth-order valence-corrected chi connectivity index (χ4v) is 3.93. The number of rotatable bonds is 1. The topological polar surface area (TPSA) is 52.6 Å². The minimum absolute atomic E-state index is 0.148. The first-order chi connectivity index (χ1) is 9.45. The largest absolute Gasteiger partial charge is 0.465 e. The predicted octanol–water partition coefficient (Wildman–Crippen LogP) is 2.62. The molecule has 0 aromatic heterocycles. The molecule has 1 fully saturated rings. The number of carbonyl (C=O) groups excluding carboxylic acids is 2. The van der Waals surface area contributed by atoms with Gasteiger partial charge in [0.1, 0.15) is 11.5 Å². The van der Waals surface area contributed by atoms with Crippen molar-refractivity contribution < 1.29 is 19.1 Å². The molecule has 3 aliphatic rings. The summed E-state index contributed by atoms with van der Waals surface area (Å²) in [5.74, 6) is 0.498. The van der Waals surface area contributed by atoms with Crippen LogP contribution >= 0.6 is 0 Å². The molecule has 1 saturated carbocycles. The summed E-state index contributed by atoms with van der Waals surface area (Å²) >= 11 is 0. The Kier molecular flexibility index (Phi) is 3.24. The van der Waals surface area contributed by atoms with Crippen LogP contribution in [0.25, 0.3) is 0 Å². The summed E-state index contributed by atoms with van der Waals surface area (Å²) in [4.78, 5) is 24.5. The van der Waals surface area contributed by atoms with Crippen molar-refractivity contribution in [3.63, 3.8) is 0 Å². The fraction of sp³-hybridized carbons (Fsp3) is 0.750. The fourth-order valence-electron chi connectivity index (χ4n) is 3.93. The van der Waals surface area contributed by atoms with E-state index in [0.717, 1.165) is 24.2 Å².